The zero-order valence-electron chi connectivity index (χ0n) is 12.2. The summed E-state index contributed by atoms with van der Waals surface area (Å²) in [4.78, 5) is 26.6. The molecule has 1 saturated heterocycles. The Morgan fingerprint density at radius 3 is 2.27 bits per heavy atom. The van der Waals surface area contributed by atoms with Crippen LogP contribution in [0.4, 0.5) is 0 Å². The third-order valence-corrected chi connectivity index (χ3v) is 4.90. The molecule has 2 fully saturated rings. The highest BCUT2D eigenvalue weighted by Crippen LogP contribution is 2.65. The van der Waals surface area contributed by atoms with Crippen LogP contribution in [-0.4, -0.2) is 16.7 Å². The van der Waals surface area contributed by atoms with Gasteiger partial charge in [-0.2, -0.15) is 0 Å². The molecule has 2 aliphatic rings. The number of rotatable bonds is 3. The summed E-state index contributed by atoms with van der Waals surface area (Å²) in [6.45, 7) is 0.391. The highest BCUT2D eigenvalue weighted by atomic mass is 16.2. The van der Waals surface area contributed by atoms with E-state index in [0.29, 0.717) is 13.0 Å². The van der Waals surface area contributed by atoms with Gasteiger partial charge in [-0.3, -0.25) is 14.5 Å². The number of carbonyl (C=O) groups is 2. The number of hydrogen-bond acceptors (Lipinski definition) is 2. The largest absolute Gasteiger partial charge is 0.278 e. The normalized spacial score (nSPS) is 26.7. The molecule has 0 radical (unpaired) electrons. The molecule has 2 amide bonds. The van der Waals surface area contributed by atoms with Gasteiger partial charge in [-0.15, -0.1) is 0 Å². The summed E-state index contributed by atoms with van der Waals surface area (Å²) < 4.78 is 0. The number of likely N-dealkylation sites (tertiary alicyclic amines) is 1. The van der Waals surface area contributed by atoms with Crippen LogP contribution < -0.4 is 0 Å². The topological polar surface area (TPSA) is 37.4 Å². The second kappa shape index (κ2) is 4.80. The number of hydrogen-bond donors (Lipinski definition) is 0. The molecule has 2 aromatic rings. The van der Waals surface area contributed by atoms with Gasteiger partial charge in [-0.25, -0.2) is 0 Å². The molecule has 3 nitrogen and oxygen atoms in total. The summed E-state index contributed by atoms with van der Waals surface area (Å²) in [5.41, 5.74) is 1.70. The smallest absolute Gasteiger partial charge is 0.236 e. The van der Waals surface area contributed by atoms with Crippen LogP contribution in [0.2, 0.25) is 0 Å². The fourth-order valence-corrected chi connectivity index (χ4v) is 3.61. The van der Waals surface area contributed by atoms with Crippen LogP contribution in [0, 0.1) is 5.41 Å². The van der Waals surface area contributed by atoms with Crippen molar-refractivity contribution in [2.75, 3.05) is 0 Å². The highest BCUT2D eigenvalue weighted by Gasteiger charge is 2.66. The third kappa shape index (κ3) is 1.97. The molecule has 3 heteroatoms. The summed E-state index contributed by atoms with van der Waals surface area (Å²) >= 11 is 0. The Bertz CT molecular complexity index is 726. The van der Waals surface area contributed by atoms with Gasteiger partial charge in [0.1, 0.15) is 0 Å². The molecule has 4 rings (SSSR count). The first-order valence-corrected chi connectivity index (χ1v) is 7.64. The van der Waals surface area contributed by atoms with Crippen molar-refractivity contribution in [3.63, 3.8) is 0 Å². The lowest BCUT2D eigenvalue weighted by Crippen LogP contribution is -2.30. The minimum Gasteiger partial charge on any atom is -0.278 e. The quantitative estimate of drug-likeness (QED) is 0.815. The van der Waals surface area contributed by atoms with Crippen LogP contribution in [0.15, 0.2) is 60.7 Å². The maximum atomic E-state index is 12.8. The van der Waals surface area contributed by atoms with Crippen LogP contribution in [0.5, 0.6) is 0 Å². The highest BCUT2D eigenvalue weighted by molar-refractivity contribution is 6.08. The van der Waals surface area contributed by atoms with Crippen LogP contribution in [0.25, 0.3) is 0 Å². The number of nitrogens with zero attached hydrogens (tertiary/aromatic N) is 1. The lowest BCUT2D eigenvalue weighted by Gasteiger charge is -2.15. The molecule has 1 saturated carbocycles. The Kier molecular flexibility index (Phi) is 2.89. The molecular weight excluding hydrogens is 274 g/mol. The molecule has 110 valence electrons. The molecule has 2 atom stereocenters. The Morgan fingerprint density at radius 1 is 0.955 bits per heavy atom. The van der Waals surface area contributed by atoms with Gasteiger partial charge >= 0.3 is 0 Å². The zero-order valence-corrected chi connectivity index (χ0v) is 12.2. The Balaban J connectivity index is 1.56. The van der Waals surface area contributed by atoms with E-state index in [2.05, 4.69) is 12.1 Å². The summed E-state index contributed by atoms with van der Waals surface area (Å²) in [6, 6.07) is 19.8. The zero-order chi connectivity index (χ0) is 15.2. The lowest BCUT2D eigenvalue weighted by atomic mass is 9.97. The van der Waals surface area contributed by atoms with Gasteiger partial charge in [-0.05, 0) is 23.5 Å². The molecule has 22 heavy (non-hydrogen) atoms. The van der Waals surface area contributed by atoms with E-state index in [1.54, 1.807) is 0 Å². The number of amides is 2. The second-order valence-electron chi connectivity index (χ2n) is 6.27. The maximum absolute atomic E-state index is 12.8. The molecule has 1 aliphatic heterocycles. The molecule has 1 spiro atoms. The van der Waals surface area contributed by atoms with Gasteiger partial charge in [0, 0.05) is 6.42 Å². The Labute approximate surface area is 129 Å². The maximum Gasteiger partial charge on any atom is 0.236 e. The molecule has 0 bridgehead atoms. The first-order valence-electron chi connectivity index (χ1n) is 7.64. The number of imide groups is 1. The first kappa shape index (κ1) is 13.3. The van der Waals surface area contributed by atoms with Crippen LogP contribution in [-0.2, 0) is 16.1 Å². The fourth-order valence-electron chi connectivity index (χ4n) is 3.61. The van der Waals surface area contributed by atoms with Gasteiger partial charge in [-0.1, -0.05) is 60.7 Å². The van der Waals surface area contributed by atoms with Crippen LogP contribution in [0.3, 0.4) is 0 Å². The summed E-state index contributed by atoms with van der Waals surface area (Å²) in [6.07, 6.45) is 1.16. The lowest BCUT2D eigenvalue weighted by molar-refractivity contribution is -0.140. The van der Waals surface area contributed by atoms with Gasteiger partial charge in [0.2, 0.25) is 11.8 Å². The van der Waals surface area contributed by atoms with E-state index in [0.717, 1.165) is 12.0 Å². The molecule has 0 N–H and O–H groups in total. The fraction of sp³-hybridized carbons (Fsp3) is 0.263. The van der Waals surface area contributed by atoms with E-state index in [1.807, 2.05) is 48.5 Å². The molecule has 1 heterocycles. The summed E-state index contributed by atoms with van der Waals surface area (Å²) in [5, 5.41) is 0. The van der Waals surface area contributed by atoms with Crippen LogP contribution >= 0.6 is 0 Å². The first-order chi connectivity index (χ1) is 10.7. The Hall–Kier alpha value is -2.42. The molecule has 2 aromatic carbocycles. The predicted molar refractivity (Wildman–Crippen MR) is 82.8 cm³/mol. The van der Waals surface area contributed by atoms with Crippen molar-refractivity contribution in [3.8, 4) is 0 Å². The van der Waals surface area contributed by atoms with Crippen molar-refractivity contribution in [2.45, 2.75) is 25.3 Å². The third-order valence-electron chi connectivity index (χ3n) is 4.90. The second-order valence-corrected chi connectivity index (χ2v) is 6.27. The van der Waals surface area contributed by atoms with Crippen LogP contribution in [0.1, 0.15) is 29.9 Å². The van der Waals surface area contributed by atoms with Crippen molar-refractivity contribution in [2.24, 2.45) is 5.41 Å². The van der Waals surface area contributed by atoms with Gasteiger partial charge < -0.3 is 0 Å². The summed E-state index contributed by atoms with van der Waals surface area (Å²) in [5.74, 6) is 0.174. The van der Waals surface area contributed by atoms with E-state index in [1.165, 1.54) is 10.5 Å². The minimum atomic E-state index is -0.465. The monoisotopic (exact) mass is 291 g/mol. The van der Waals surface area contributed by atoms with E-state index >= 15 is 0 Å². The van der Waals surface area contributed by atoms with E-state index in [4.69, 9.17) is 0 Å². The van der Waals surface area contributed by atoms with Crippen molar-refractivity contribution in [1.82, 2.24) is 4.90 Å². The predicted octanol–water partition coefficient (Wildman–Crippen LogP) is 3.12. The SMILES string of the molecule is O=C1C[C@@]2(CC2c2ccccc2)C(=O)N1Cc1ccccc1. The van der Waals surface area contributed by atoms with Crippen molar-refractivity contribution < 1.29 is 9.59 Å². The number of carbonyl (C=O) groups excluding carboxylic acids is 2. The van der Waals surface area contributed by atoms with E-state index in [9.17, 15) is 9.59 Å². The van der Waals surface area contributed by atoms with Crippen molar-refractivity contribution in [1.29, 1.82) is 0 Å². The molecular formula is C19H17NO2. The molecule has 1 unspecified atom stereocenters. The average Bonchev–Trinajstić information content (AvgIpc) is 3.23. The van der Waals surface area contributed by atoms with Gasteiger partial charge in [0.25, 0.3) is 0 Å². The molecule has 1 aliphatic carbocycles. The van der Waals surface area contributed by atoms with Crippen molar-refractivity contribution in [3.05, 3.63) is 71.8 Å². The van der Waals surface area contributed by atoms with Crippen molar-refractivity contribution >= 4 is 11.8 Å². The minimum absolute atomic E-state index is 0.00945. The average molecular weight is 291 g/mol. The van der Waals surface area contributed by atoms with E-state index < -0.39 is 5.41 Å². The standard InChI is InChI=1S/C19H17NO2/c21-17-12-19(11-16(19)15-9-5-2-6-10-15)18(22)20(17)13-14-7-3-1-4-8-14/h1-10,16H,11-13H2/t16?,19-/m1/s1. The summed E-state index contributed by atoms with van der Waals surface area (Å²) in [7, 11) is 0. The van der Waals surface area contributed by atoms with Gasteiger partial charge in [0.15, 0.2) is 0 Å². The number of benzene rings is 2. The Morgan fingerprint density at radius 2 is 1.59 bits per heavy atom. The molecule has 0 aromatic heterocycles. The van der Waals surface area contributed by atoms with Gasteiger partial charge in [0.05, 0.1) is 12.0 Å². The van der Waals surface area contributed by atoms with E-state index in [-0.39, 0.29) is 17.7 Å².